The number of carbonyl (C=O) groups excluding carboxylic acids is 2. The molecule has 3 aliphatic rings. The van der Waals surface area contributed by atoms with Crippen molar-refractivity contribution >= 4 is 11.6 Å². The molecule has 0 unspecified atom stereocenters. The van der Waals surface area contributed by atoms with Gasteiger partial charge in [-0.25, -0.2) is 0 Å². The van der Waals surface area contributed by atoms with Crippen LogP contribution in [0.15, 0.2) is 12.1 Å². The number of piperidine rings is 1. The van der Waals surface area contributed by atoms with Crippen LogP contribution in [-0.2, 0) is 21.4 Å². The predicted octanol–water partition coefficient (Wildman–Crippen LogP) is 1.41. The molecule has 4 rings (SSSR count). The van der Waals surface area contributed by atoms with Crippen molar-refractivity contribution in [2.45, 2.75) is 37.1 Å². The van der Waals surface area contributed by atoms with Gasteiger partial charge in [-0.3, -0.25) is 9.59 Å². The molecular weight excluding hydrogens is 294 g/mol. The molecular formula is C18H21NO4. The van der Waals surface area contributed by atoms with E-state index in [-0.39, 0.29) is 23.5 Å². The Balaban J connectivity index is 2.02. The van der Waals surface area contributed by atoms with E-state index in [4.69, 9.17) is 9.47 Å². The third-order valence-electron chi connectivity index (χ3n) is 5.90. The van der Waals surface area contributed by atoms with E-state index in [9.17, 15) is 9.59 Å². The maximum atomic E-state index is 13.0. The summed E-state index contributed by atoms with van der Waals surface area (Å²) in [5.74, 6) is 0.947. The van der Waals surface area contributed by atoms with Crippen molar-refractivity contribution in [1.82, 2.24) is 5.32 Å². The van der Waals surface area contributed by atoms with Gasteiger partial charge in [-0.15, -0.1) is 0 Å². The molecule has 0 aromatic heterocycles. The summed E-state index contributed by atoms with van der Waals surface area (Å²) in [4.78, 5) is 25.3. The minimum Gasteiger partial charge on any atom is -0.493 e. The largest absolute Gasteiger partial charge is 0.493 e. The SMILES string of the molecule is COc1ccc2c(c1OC)[C@]13CCN[C@H](C2)[C@@H]1CCC(=O)C3=O. The van der Waals surface area contributed by atoms with E-state index >= 15 is 0 Å². The second-order valence-corrected chi connectivity index (χ2v) is 6.72. The van der Waals surface area contributed by atoms with Gasteiger partial charge in [0.05, 0.1) is 19.6 Å². The molecule has 1 saturated heterocycles. The van der Waals surface area contributed by atoms with Gasteiger partial charge in [0.2, 0.25) is 5.78 Å². The Bertz CT molecular complexity index is 699. The molecule has 3 atom stereocenters. The Morgan fingerprint density at radius 3 is 2.78 bits per heavy atom. The van der Waals surface area contributed by atoms with E-state index < -0.39 is 5.41 Å². The van der Waals surface area contributed by atoms with Gasteiger partial charge in [-0.1, -0.05) is 6.07 Å². The molecule has 0 radical (unpaired) electrons. The first-order valence-corrected chi connectivity index (χ1v) is 8.19. The predicted molar refractivity (Wildman–Crippen MR) is 84.1 cm³/mol. The average Bonchev–Trinajstić information content (AvgIpc) is 2.57. The van der Waals surface area contributed by atoms with Crippen LogP contribution >= 0.6 is 0 Å². The molecule has 0 amide bonds. The van der Waals surface area contributed by atoms with Crippen molar-refractivity contribution in [3.63, 3.8) is 0 Å². The van der Waals surface area contributed by atoms with Crippen LogP contribution in [0.5, 0.6) is 11.5 Å². The second kappa shape index (κ2) is 5.06. The molecule has 23 heavy (non-hydrogen) atoms. The van der Waals surface area contributed by atoms with Crippen LogP contribution in [0.2, 0.25) is 0 Å². The quantitative estimate of drug-likeness (QED) is 0.836. The molecule has 1 aromatic carbocycles. The second-order valence-electron chi connectivity index (χ2n) is 6.72. The van der Waals surface area contributed by atoms with Crippen molar-refractivity contribution in [3.05, 3.63) is 23.3 Å². The van der Waals surface area contributed by atoms with E-state index in [1.54, 1.807) is 14.2 Å². The highest BCUT2D eigenvalue weighted by Crippen LogP contribution is 2.55. The van der Waals surface area contributed by atoms with Gasteiger partial charge in [0.15, 0.2) is 17.3 Å². The number of hydrogen-bond acceptors (Lipinski definition) is 5. The third-order valence-corrected chi connectivity index (χ3v) is 5.90. The van der Waals surface area contributed by atoms with Gasteiger partial charge >= 0.3 is 0 Å². The van der Waals surface area contributed by atoms with Crippen molar-refractivity contribution in [3.8, 4) is 11.5 Å². The van der Waals surface area contributed by atoms with E-state index in [2.05, 4.69) is 5.32 Å². The number of ether oxygens (including phenoxy) is 2. The van der Waals surface area contributed by atoms with Crippen LogP contribution in [0.1, 0.15) is 30.4 Å². The number of Topliss-reactive ketones (excluding diaryl/α,β-unsaturated/α-hetero) is 2. The van der Waals surface area contributed by atoms with Gasteiger partial charge in [0, 0.05) is 18.0 Å². The number of benzene rings is 1. The summed E-state index contributed by atoms with van der Waals surface area (Å²) in [6.07, 6.45) is 2.64. The van der Waals surface area contributed by atoms with Crippen LogP contribution in [0, 0.1) is 5.92 Å². The van der Waals surface area contributed by atoms with E-state index in [1.165, 1.54) is 0 Å². The highest BCUT2D eigenvalue weighted by atomic mass is 16.5. The lowest BCUT2D eigenvalue weighted by Gasteiger charge is -2.54. The topological polar surface area (TPSA) is 64.6 Å². The van der Waals surface area contributed by atoms with E-state index in [0.29, 0.717) is 24.3 Å². The fourth-order valence-corrected chi connectivity index (χ4v) is 5.01. The van der Waals surface area contributed by atoms with Gasteiger partial charge in [0.1, 0.15) is 0 Å². The fraction of sp³-hybridized carbons (Fsp3) is 0.556. The van der Waals surface area contributed by atoms with Crippen LogP contribution in [0.25, 0.3) is 0 Å². The molecule has 2 aliphatic carbocycles. The van der Waals surface area contributed by atoms with Gasteiger partial charge < -0.3 is 14.8 Å². The van der Waals surface area contributed by atoms with Gasteiger partial charge in [0.25, 0.3) is 0 Å². The summed E-state index contributed by atoms with van der Waals surface area (Å²) >= 11 is 0. The van der Waals surface area contributed by atoms with Crippen molar-refractivity contribution < 1.29 is 19.1 Å². The van der Waals surface area contributed by atoms with Crippen molar-refractivity contribution in [2.75, 3.05) is 20.8 Å². The summed E-state index contributed by atoms with van der Waals surface area (Å²) in [5, 5.41) is 3.55. The first-order valence-electron chi connectivity index (χ1n) is 8.19. The standard InChI is InChI=1S/C18H21NO4/c1-22-14-6-3-10-9-12-11-4-5-13(20)17(21)18(11,7-8-19-12)15(10)16(14)23-2/h3,6,11-12,19H,4-5,7-9H2,1-2H3/t11-,12+,18-/m0/s1. The molecule has 1 saturated carbocycles. The number of rotatable bonds is 2. The third kappa shape index (κ3) is 1.77. The summed E-state index contributed by atoms with van der Waals surface area (Å²) < 4.78 is 11.1. The van der Waals surface area contributed by atoms with Crippen LogP contribution in [0.3, 0.4) is 0 Å². The molecule has 122 valence electrons. The minimum atomic E-state index is -0.737. The molecule has 1 aromatic rings. The molecule has 2 fully saturated rings. The number of nitrogens with one attached hydrogen (secondary N) is 1. The van der Waals surface area contributed by atoms with E-state index in [0.717, 1.165) is 30.5 Å². The Labute approximate surface area is 135 Å². The number of carbonyl (C=O) groups is 2. The normalized spacial score (nSPS) is 32.1. The highest BCUT2D eigenvalue weighted by Gasteiger charge is 2.60. The lowest BCUT2D eigenvalue weighted by molar-refractivity contribution is -0.146. The van der Waals surface area contributed by atoms with Crippen molar-refractivity contribution in [2.24, 2.45) is 5.92 Å². The zero-order valence-electron chi connectivity index (χ0n) is 13.5. The number of methoxy groups -OCH3 is 2. The molecule has 5 heteroatoms. The maximum absolute atomic E-state index is 13.0. The molecule has 2 bridgehead atoms. The van der Waals surface area contributed by atoms with Crippen LogP contribution < -0.4 is 14.8 Å². The summed E-state index contributed by atoms with van der Waals surface area (Å²) in [6, 6.07) is 4.16. The number of ketones is 2. The smallest absolute Gasteiger partial charge is 0.209 e. The Kier molecular flexibility index (Phi) is 3.23. The lowest BCUT2D eigenvalue weighted by atomic mass is 9.51. The molecule has 0 spiro atoms. The highest BCUT2D eigenvalue weighted by molar-refractivity contribution is 6.41. The van der Waals surface area contributed by atoms with Crippen LogP contribution in [0.4, 0.5) is 0 Å². The number of hydrogen-bond donors (Lipinski definition) is 1. The first-order chi connectivity index (χ1) is 11.1. The fourth-order valence-electron chi connectivity index (χ4n) is 5.01. The summed E-state index contributed by atoms with van der Waals surface area (Å²) in [7, 11) is 3.20. The average molecular weight is 315 g/mol. The van der Waals surface area contributed by atoms with Gasteiger partial charge in [-0.05, 0) is 43.4 Å². The Morgan fingerprint density at radius 1 is 1.22 bits per heavy atom. The lowest BCUT2D eigenvalue weighted by Crippen LogP contribution is -2.64. The summed E-state index contributed by atoms with van der Waals surface area (Å²) in [5.41, 5.74) is 1.26. The van der Waals surface area contributed by atoms with Crippen molar-refractivity contribution in [1.29, 1.82) is 0 Å². The zero-order chi connectivity index (χ0) is 16.2. The monoisotopic (exact) mass is 315 g/mol. The van der Waals surface area contributed by atoms with Crippen LogP contribution in [-0.4, -0.2) is 38.4 Å². The maximum Gasteiger partial charge on any atom is 0.209 e. The zero-order valence-corrected chi connectivity index (χ0v) is 13.5. The minimum absolute atomic E-state index is 0.162. The molecule has 1 heterocycles. The number of fused-ring (bicyclic) bond motifs is 1. The first kappa shape index (κ1) is 14.7. The summed E-state index contributed by atoms with van der Waals surface area (Å²) in [6.45, 7) is 0.750. The Hall–Kier alpha value is -1.88. The molecule has 1 aliphatic heterocycles. The van der Waals surface area contributed by atoms with Gasteiger partial charge in [-0.2, -0.15) is 0 Å². The molecule has 1 N–H and O–H groups in total. The molecule has 5 nitrogen and oxygen atoms in total. The Morgan fingerprint density at radius 2 is 2.04 bits per heavy atom. The van der Waals surface area contributed by atoms with E-state index in [1.807, 2.05) is 12.1 Å².